The second kappa shape index (κ2) is 7.11. The fourth-order valence-electron chi connectivity index (χ4n) is 2.15. The van der Waals surface area contributed by atoms with Crippen LogP contribution in [-0.2, 0) is 0 Å². The summed E-state index contributed by atoms with van der Waals surface area (Å²) in [5.74, 6) is 0.833. The summed E-state index contributed by atoms with van der Waals surface area (Å²) in [5.41, 5.74) is 2.37. The van der Waals surface area contributed by atoms with E-state index in [1.54, 1.807) is 7.11 Å². The molecule has 0 aliphatic carbocycles. The first-order chi connectivity index (χ1) is 9.65. The maximum atomic E-state index is 5.96. The van der Waals surface area contributed by atoms with Crippen molar-refractivity contribution in [3.05, 3.63) is 63.1 Å². The highest BCUT2D eigenvalue weighted by Gasteiger charge is 2.14. The topological polar surface area (TPSA) is 21.3 Å². The number of rotatable bonds is 5. The first kappa shape index (κ1) is 15.4. The van der Waals surface area contributed by atoms with Gasteiger partial charge in [0.1, 0.15) is 5.75 Å². The summed E-state index contributed by atoms with van der Waals surface area (Å²) in [5, 5.41) is 4.24. The quantitative estimate of drug-likeness (QED) is 0.832. The van der Waals surface area contributed by atoms with E-state index in [0.29, 0.717) is 0 Å². The van der Waals surface area contributed by atoms with E-state index >= 15 is 0 Å². The minimum Gasteiger partial charge on any atom is -0.496 e. The Balaban J connectivity index is 2.37. The van der Waals surface area contributed by atoms with E-state index in [9.17, 15) is 0 Å². The Kier molecular flexibility index (Phi) is 5.46. The largest absolute Gasteiger partial charge is 0.496 e. The zero-order valence-electron chi connectivity index (χ0n) is 11.5. The lowest BCUT2D eigenvalue weighted by Crippen LogP contribution is -2.21. The Bertz CT molecular complexity index is 571. The van der Waals surface area contributed by atoms with Crippen LogP contribution >= 0.6 is 27.5 Å². The molecule has 0 saturated carbocycles. The average Bonchev–Trinajstić information content (AvgIpc) is 2.46. The first-order valence-corrected chi connectivity index (χ1v) is 7.65. The van der Waals surface area contributed by atoms with Crippen LogP contribution in [0.2, 0.25) is 5.02 Å². The van der Waals surface area contributed by atoms with Gasteiger partial charge in [0.2, 0.25) is 0 Å². The minimum absolute atomic E-state index is 0.138. The fourth-order valence-corrected chi connectivity index (χ4v) is 2.83. The van der Waals surface area contributed by atoms with Gasteiger partial charge >= 0.3 is 0 Å². The maximum Gasteiger partial charge on any atom is 0.133 e. The third kappa shape index (κ3) is 3.54. The van der Waals surface area contributed by atoms with E-state index in [2.05, 4.69) is 40.3 Å². The van der Waals surface area contributed by atoms with Crippen LogP contribution in [0.3, 0.4) is 0 Å². The van der Waals surface area contributed by atoms with Crippen molar-refractivity contribution in [1.82, 2.24) is 5.32 Å². The molecule has 0 saturated heterocycles. The van der Waals surface area contributed by atoms with Crippen LogP contribution in [0.5, 0.6) is 5.75 Å². The van der Waals surface area contributed by atoms with Gasteiger partial charge in [-0.05, 0) is 57.9 Å². The lowest BCUT2D eigenvalue weighted by Gasteiger charge is -2.20. The number of methoxy groups -OCH3 is 1. The van der Waals surface area contributed by atoms with Crippen molar-refractivity contribution < 1.29 is 4.74 Å². The Labute approximate surface area is 133 Å². The van der Waals surface area contributed by atoms with Gasteiger partial charge in [0.05, 0.1) is 17.6 Å². The second-order valence-electron chi connectivity index (χ2n) is 4.44. The molecule has 1 unspecified atom stereocenters. The summed E-state index contributed by atoms with van der Waals surface area (Å²) < 4.78 is 6.23. The van der Waals surface area contributed by atoms with E-state index in [-0.39, 0.29) is 6.04 Å². The van der Waals surface area contributed by atoms with Crippen molar-refractivity contribution in [1.29, 1.82) is 0 Å². The highest BCUT2D eigenvalue weighted by atomic mass is 79.9. The molecule has 1 atom stereocenters. The summed E-state index contributed by atoms with van der Waals surface area (Å²) in [4.78, 5) is 0. The molecule has 0 spiro atoms. The summed E-state index contributed by atoms with van der Waals surface area (Å²) in [6.45, 7) is 2.98. The zero-order chi connectivity index (χ0) is 14.5. The summed E-state index contributed by atoms with van der Waals surface area (Å²) in [7, 11) is 1.67. The zero-order valence-corrected chi connectivity index (χ0v) is 13.8. The van der Waals surface area contributed by atoms with Crippen LogP contribution in [0.15, 0.2) is 46.9 Å². The molecule has 4 heteroatoms. The molecule has 0 heterocycles. The van der Waals surface area contributed by atoms with Crippen LogP contribution in [-0.4, -0.2) is 13.7 Å². The molecule has 2 aromatic rings. The van der Waals surface area contributed by atoms with Crippen molar-refractivity contribution >= 4 is 27.5 Å². The van der Waals surface area contributed by atoms with Crippen LogP contribution in [0.25, 0.3) is 0 Å². The summed E-state index contributed by atoms with van der Waals surface area (Å²) in [6.07, 6.45) is 0. The molecule has 0 radical (unpaired) electrons. The lowest BCUT2D eigenvalue weighted by molar-refractivity contribution is 0.412. The molecule has 0 bridgehead atoms. The van der Waals surface area contributed by atoms with Gasteiger partial charge in [0.25, 0.3) is 0 Å². The van der Waals surface area contributed by atoms with Crippen molar-refractivity contribution in [2.24, 2.45) is 0 Å². The molecule has 2 rings (SSSR count). The van der Waals surface area contributed by atoms with E-state index in [0.717, 1.165) is 21.8 Å². The molecule has 0 aliphatic heterocycles. The molecular formula is C16H17BrClNO. The van der Waals surface area contributed by atoms with Crippen molar-refractivity contribution in [2.75, 3.05) is 13.7 Å². The Morgan fingerprint density at radius 1 is 1.15 bits per heavy atom. The average molecular weight is 355 g/mol. The number of hydrogen-bond acceptors (Lipinski definition) is 2. The summed E-state index contributed by atoms with van der Waals surface area (Å²) in [6, 6.07) is 14.2. The molecule has 0 aliphatic rings. The van der Waals surface area contributed by atoms with Crippen LogP contribution in [0, 0.1) is 0 Å². The first-order valence-electron chi connectivity index (χ1n) is 6.48. The SMILES string of the molecule is CCNC(c1ccc(Cl)cc1)c1ccc(OC)c(Br)c1. The number of benzene rings is 2. The van der Waals surface area contributed by atoms with Gasteiger partial charge in [-0.1, -0.05) is 36.7 Å². The highest BCUT2D eigenvalue weighted by Crippen LogP contribution is 2.31. The van der Waals surface area contributed by atoms with Gasteiger partial charge in [0, 0.05) is 5.02 Å². The Morgan fingerprint density at radius 2 is 1.80 bits per heavy atom. The van der Waals surface area contributed by atoms with Crippen LogP contribution < -0.4 is 10.1 Å². The van der Waals surface area contributed by atoms with Gasteiger partial charge in [-0.25, -0.2) is 0 Å². The summed E-state index contributed by atoms with van der Waals surface area (Å²) >= 11 is 9.50. The Morgan fingerprint density at radius 3 is 2.35 bits per heavy atom. The van der Waals surface area contributed by atoms with Gasteiger partial charge in [0.15, 0.2) is 0 Å². The highest BCUT2D eigenvalue weighted by molar-refractivity contribution is 9.10. The van der Waals surface area contributed by atoms with Crippen LogP contribution in [0.1, 0.15) is 24.1 Å². The normalized spacial score (nSPS) is 12.2. The molecule has 0 aromatic heterocycles. The van der Waals surface area contributed by atoms with E-state index in [4.69, 9.17) is 16.3 Å². The van der Waals surface area contributed by atoms with E-state index < -0.39 is 0 Å². The number of halogens is 2. The molecule has 106 valence electrons. The number of nitrogens with one attached hydrogen (secondary N) is 1. The van der Waals surface area contributed by atoms with Crippen molar-refractivity contribution in [3.63, 3.8) is 0 Å². The van der Waals surface area contributed by atoms with E-state index in [1.165, 1.54) is 11.1 Å². The number of ether oxygens (including phenoxy) is 1. The maximum absolute atomic E-state index is 5.96. The number of hydrogen-bond donors (Lipinski definition) is 1. The van der Waals surface area contributed by atoms with Crippen molar-refractivity contribution in [3.8, 4) is 5.75 Å². The predicted octanol–water partition coefficient (Wildman–Crippen LogP) is 4.81. The third-order valence-electron chi connectivity index (χ3n) is 3.12. The fraction of sp³-hybridized carbons (Fsp3) is 0.250. The second-order valence-corrected chi connectivity index (χ2v) is 5.73. The molecular weight excluding hydrogens is 338 g/mol. The Hall–Kier alpha value is -1.03. The molecule has 2 nitrogen and oxygen atoms in total. The monoisotopic (exact) mass is 353 g/mol. The van der Waals surface area contributed by atoms with Gasteiger partial charge in [-0.3, -0.25) is 0 Å². The molecule has 20 heavy (non-hydrogen) atoms. The van der Waals surface area contributed by atoms with Gasteiger partial charge in [-0.2, -0.15) is 0 Å². The van der Waals surface area contributed by atoms with Crippen LogP contribution in [0.4, 0.5) is 0 Å². The third-order valence-corrected chi connectivity index (χ3v) is 3.99. The minimum atomic E-state index is 0.138. The van der Waals surface area contributed by atoms with Crippen molar-refractivity contribution in [2.45, 2.75) is 13.0 Å². The molecule has 1 N–H and O–H groups in total. The lowest BCUT2D eigenvalue weighted by atomic mass is 9.98. The molecule has 2 aromatic carbocycles. The van der Waals surface area contributed by atoms with Gasteiger partial charge < -0.3 is 10.1 Å². The molecule has 0 amide bonds. The van der Waals surface area contributed by atoms with Gasteiger partial charge in [-0.15, -0.1) is 0 Å². The molecule has 0 fully saturated rings. The standard InChI is InChI=1S/C16H17BrClNO/c1-3-19-16(11-4-7-13(18)8-5-11)12-6-9-15(20-2)14(17)10-12/h4-10,16,19H,3H2,1-2H3. The van der Waals surface area contributed by atoms with E-state index in [1.807, 2.05) is 30.3 Å². The predicted molar refractivity (Wildman–Crippen MR) is 87.7 cm³/mol. The smallest absolute Gasteiger partial charge is 0.133 e.